The van der Waals surface area contributed by atoms with Gasteiger partial charge in [-0.1, -0.05) is 50.2 Å². The lowest BCUT2D eigenvalue weighted by molar-refractivity contribution is -0.131. The van der Waals surface area contributed by atoms with Gasteiger partial charge in [-0.25, -0.2) is 0 Å². The predicted molar refractivity (Wildman–Crippen MR) is 125 cm³/mol. The van der Waals surface area contributed by atoms with E-state index in [0.717, 1.165) is 24.0 Å². The molecule has 33 heavy (non-hydrogen) atoms. The van der Waals surface area contributed by atoms with Crippen molar-refractivity contribution in [2.24, 2.45) is 11.7 Å². The van der Waals surface area contributed by atoms with Gasteiger partial charge < -0.3 is 26.8 Å². The van der Waals surface area contributed by atoms with Crippen LogP contribution in [0.15, 0.2) is 48.5 Å². The number of benzene rings is 2. The van der Waals surface area contributed by atoms with Gasteiger partial charge in [0.1, 0.15) is 11.8 Å². The maximum absolute atomic E-state index is 12.9. The molecule has 3 atom stereocenters. The van der Waals surface area contributed by atoms with Crippen LogP contribution in [0.5, 0.6) is 5.75 Å². The SMILES string of the molecule is CC(C)[C@H](NC(=O)CNC(=O)[C@@H](N)Cc1ccc(O)cc1)C(=O)NC1CCc2ccccc21. The van der Waals surface area contributed by atoms with Gasteiger partial charge in [0.15, 0.2) is 0 Å². The molecule has 1 aliphatic carbocycles. The molecule has 0 fully saturated rings. The molecule has 0 saturated heterocycles. The van der Waals surface area contributed by atoms with E-state index in [-0.39, 0.29) is 36.6 Å². The van der Waals surface area contributed by atoms with Crippen molar-refractivity contribution in [1.82, 2.24) is 16.0 Å². The second-order valence-electron chi connectivity index (χ2n) is 8.78. The van der Waals surface area contributed by atoms with Crippen molar-refractivity contribution < 1.29 is 19.5 Å². The maximum atomic E-state index is 12.9. The van der Waals surface area contributed by atoms with Crippen molar-refractivity contribution in [1.29, 1.82) is 0 Å². The van der Waals surface area contributed by atoms with Gasteiger partial charge in [-0.05, 0) is 54.0 Å². The zero-order valence-electron chi connectivity index (χ0n) is 19.0. The van der Waals surface area contributed by atoms with Crippen LogP contribution in [-0.2, 0) is 27.2 Å². The zero-order valence-corrected chi connectivity index (χ0v) is 19.0. The van der Waals surface area contributed by atoms with Gasteiger partial charge in [0.25, 0.3) is 0 Å². The number of carbonyl (C=O) groups is 3. The zero-order chi connectivity index (χ0) is 24.0. The molecule has 0 saturated carbocycles. The first-order valence-electron chi connectivity index (χ1n) is 11.2. The molecule has 0 spiro atoms. The van der Waals surface area contributed by atoms with Crippen LogP contribution in [0.1, 0.15) is 43.0 Å². The van der Waals surface area contributed by atoms with E-state index in [9.17, 15) is 19.5 Å². The summed E-state index contributed by atoms with van der Waals surface area (Å²) in [6, 6.07) is 12.8. The summed E-state index contributed by atoms with van der Waals surface area (Å²) in [5.74, 6) is -1.16. The van der Waals surface area contributed by atoms with Gasteiger partial charge >= 0.3 is 0 Å². The monoisotopic (exact) mass is 452 g/mol. The number of rotatable bonds is 9. The number of hydrogen-bond donors (Lipinski definition) is 5. The summed E-state index contributed by atoms with van der Waals surface area (Å²) in [6.07, 6.45) is 2.02. The number of fused-ring (bicyclic) bond motifs is 1. The molecule has 8 heteroatoms. The number of aryl methyl sites for hydroxylation is 1. The second kappa shape index (κ2) is 11.0. The topological polar surface area (TPSA) is 134 Å². The number of amides is 3. The minimum Gasteiger partial charge on any atom is -0.508 e. The summed E-state index contributed by atoms with van der Waals surface area (Å²) < 4.78 is 0. The third kappa shape index (κ3) is 6.55. The summed E-state index contributed by atoms with van der Waals surface area (Å²) in [5.41, 5.74) is 9.08. The van der Waals surface area contributed by atoms with E-state index in [1.54, 1.807) is 12.1 Å². The molecule has 0 bridgehead atoms. The molecule has 6 N–H and O–H groups in total. The molecular formula is C25H32N4O4. The Morgan fingerprint density at radius 3 is 2.45 bits per heavy atom. The van der Waals surface area contributed by atoms with Crippen molar-refractivity contribution in [2.45, 2.75) is 51.2 Å². The van der Waals surface area contributed by atoms with Crippen LogP contribution in [0, 0.1) is 5.92 Å². The number of nitrogens with two attached hydrogens (primary N) is 1. The number of nitrogens with one attached hydrogen (secondary N) is 3. The number of carbonyl (C=O) groups excluding carboxylic acids is 3. The number of hydrogen-bond acceptors (Lipinski definition) is 5. The Hall–Kier alpha value is -3.39. The van der Waals surface area contributed by atoms with Crippen molar-refractivity contribution in [3.63, 3.8) is 0 Å². The minimum atomic E-state index is -0.839. The van der Waals surface area contributed by atoms with E-state index in [2.05, 4.69) is 22.0 Å². The van der Waals surface area contributed by atoms with Crippen LogP contribution >= 0.6 is 0 Å². The number of phenols is 1. The molecule has 1 unspecified atom stereocenters. The smallest absolute Gasteiger partial charge is 0.243 e. The Morgan fingerprint density at radius 2 is 1.76 bits per heavy atom. The van der Waals surface area contributed by atoms with Crippen LogP contribution < -0.4 is 21.7 Å². The lowest BCUT2D eigenvalue weighted by atomic mass is 10.0. The summed E-state index contributed by atoms with van der Waals surface area (Å²) >= 11 is 0. The molecule has 2 aromatic rings. The molecule has 1 aliphatic rings. The van der Waals surface area contributed by atoms with Crippen LogP contribution in [0.2, 0.25) is 0 Å². The lowest BCUT2D eigenvalue weighted by Gasteiger charge is -2.24. The summed E-state index contributed by atoms with van der Waals surface area (Å²) in [7, 11) is 0. The highest BCUT2D eigenvalue weighted by atomic mass is 16.3. The van der Waals surface area contributed by atoms with Gasteiger partial charge in [-0.2, -0.15) is 0 Å². The van der Waals surface area contributed by atoms with Gasteiger partial charge in [0.2, 0.25) is 17.7 Å². The molecule has 0 radical (unpaired) electrons. The molecule has 0 heterocycles. The normalized spacial score (nSPS) is 16.5. The summed E-state index contributed by atoms with van der Waals surface area (Å²) in [4.78, 5) is 37.6. The first kappa shape index (κ1) is 24.3. The lowest BCUT2D eigenvalue weighted by Crippen LogP contribution is -2.53. The molecule has 8 nitrogen and oxygen atoms in total. The first-order valence-corrected chi connectivity index (χ1v) is 11.2. The second-order valence-corrected chi connectivity index (χ2v) is 8.78. The van der Waals surface area contributed by atoms with Crippen LogP contribution in [-0.4, -0.2) is 41.5 Å². The highest BCUT2D eigenvalue weighted by molar-refractivity contribution is 5.91. The Bertz CT molecular complexity index is 990. The molecule has 0 aliphatic heterocycles. The number of aromatic hydroxyl groups is 1. The van der Waals surface area contributed by atoms with E-state index in [4.69, 9.17) is 5.73 Å². The van der Waals surface area contributed by atoms with Crippen molar-refractivity contribution in [3.8, 4) is 5.75 Å². The fraction of sp³-hybridized carbons (Fsp3) is 0.400. The molecule has 3 rings (SSSR count). The third-order valence-electron chi connectivity index (χ3n) is 5.87. The van der Waals surface area contributed by atoms with Crippen molar-refractivity contribution in [3.05, 3.63) is 65.2 Å². The standard InChI is InChI=1S/C25H32N4O4/c1-15(2)23(25(33)28-21-12-9-17-5-3-4-6-19(17)21)29-22(31)14-27-24(32)20(26)13-16-7-10-18(30)11-8-16/h3-8,10-11,15,20-21,23,30H,9,12-14,26H2,1-2H3,(H,27,32)(H,28,33)(H,29,31)/t20-,21?,23-/m0/s1. The predicted octanol–water partition coefficient (Wildman–Crippen LogP) is 1.32. The molecule has 0 aromatic heterocycles. The maximum Gasteiger partial charge on any atom is 0.243 e. The third-order valence-corrected chi connectivity index (χ3v) is 5.87. The van der Waals surface area contributed by atoms with Crippen LogP contribution in [0.25, 0.3) is 0 Å². The molecule has 2 aromatic carbocycles. The first-order chi connectivity index (χ1) is 15.7. The average Bonchev–Trinajstić information content (AvgIpc) is 3.19. The summed E-state index contributed by atoms with van der Waals surface area (Å²) in [6.45, 7) is 3.45. The summed E-state index contributed by atoms with van der Waals surface area (Å²) in [5, 5.41) is 17.6. The van der Waals surface area contributed by atoms with Gasteiger partial charge in [-0.15, -0.1) is 0 Å². The van der Waals surface area contributed by atoms with Gasteiger partial charge in [0, 0.05) is 0 Å². The Labute approximate surface area is 193 Å². The van der Waals surface area contributed by atoms with E-state index < -0.39 is 23.9 Å². The average molecular weight is 453 g/mol. The van der Waals surface area contributed by atoms with Crippen LogP contribution in [0.4, 0.5) is 0 Å². The van der Waals surface area contributed by atoms with E-state index in [0.29, 0.717) is 0 Å². The fourth-order valence-electron chi connectivity index (χ4n) is 4.01. The van der Waals surface area contributed by atoms with Crippen molar-refractivity contribution >= 4 is 17.7 Å². The molecular weight excluding hydrogens is 420 g/mol. The molecule has 176 valence electrons. The fourth-order valence-corrected chi connectivity index (χ4v) is 4.01. The highest BCUT2D eigenvalue weighted by Gasteiger charge is 2.29. The van der Waals surface area contributed by atoms with E-state index in [1.807, 2.05) is 32.0 Å². The van der Waals surface area contributed by atoms with E-state index in [1.165, 1.54) is 17.7 Å². The van der Waals surface area contributed by atoms with Crippen molar-refractivity contribution in [2.75, 3.05) is 6.54 Å². The van der Waals surface area contributed by atoms with Gasteiger partial charge in [-0.3, -0.25) is 14.4 Å². The Morgan fingerprint density at radius 1 is 1.06 bits per heavy atom. The quantitative estimate of drug-likeness (QED) is 0.391. The van der Waals surface area contributed by atoms with Gasteiger partial charge in [0.05, 0.1) is 18.6 Å². The van der Waals surface area contributed by atoms with Crippen LogP contribution in [0.3, 0.4) is 0 Å². The van der Waals surface area contributed by atoms with E-state index >= 15 is 0 Å². The highest BCUT2D eigenvalue weighted by Crippen LogP contribution is 2.30. The Kier molecular flexibility index (Phi) is 8.06. The number of phenolic OH excluding ortho intramolecular Hbond substituents is 1. The molecule has 3 amide bonds. The minimum absolute atomic E-state index is 0.0653. The Balaban J connectivity index is 1.49. The largest absolute Gasteiger partial charge is 0.508 e.